The first-order chi connectivity index (χ1) is 6.65. The molecule has 78 valence electrons. The van der Waals surface area contributed by atoms with Crippen molar-refractivity contribution in [2.45, 2.75) is 5.75 Å². The average Bonchev–Trinajstić information content (AvgIpc) is 2.13. The van der Waals surface area contributed by atoms with Gasteiger partial charge in [0.15, 0.2) is 11.6 Å². The smallest absolute Gasteiger partial charge is 0.162 e. The molecule has 0 heterocycles. The zero-order chi connectivity index (χ0) is 10.6. The monoisotopic (exact) mass is 219 g/mol. The molecule has 14 heavy (non-hydrogen) atoms. The minimum Gasteiger partial charge on any atom is -0.330 e. The molecule has 1 atom stereocenters. The topological polar surface area (TPSA) is 43.1 Å². The Morgan fingerprint density at radius 2 is 2.07 bits per heavy atom. The molecule has 2 N–H and O–H groups in total. The fourth-order valence-corrected chi connectivity index (χ4v) is 2.01. The Kier molecular flexibility index (Phi) is 4.16. The Morgan fingerprint density at radius 1 is 1.36 bits per heavy atom. The Balaban J connectivity index is 2.76. The predicted octanol–water partition coefficient (Wildman–Crippen LogP) is 1.17. The van der Waals surface area contributed by atoms with E-state index in [1.165, 1.54) is 12.1 Å². The van der Waals surface area contributed by atoms with Crippen LogP contribution in [0.2, 0.25) is 0 Å². The van der Waals surface area contributed by atoms with Crippen LogP contribution in [0.4, 0.5) is 8.78 Å². The van der Waals surface area contributed by atoms with Crippen LogP contribution in [0.25, 0.3) is 0 Å². The molecule has 1 unspecified atom stereocenters. The van der Waals surface area contributed by atoms with Gasteiger partial charge in [0, 0.05) is 28.7 Å². The first-order valence-corrected chi connectivity index (χ1v) is 5.62. The molecular formula is C9H11F2NOS. The minimum atomic E-state index is -1.22. The van der Waals surface area contributed by atoms with E-state index < -0.39 is 22.4 Å². The van der Waals surface area contributed by atoms with Crippen molar-refractivity contribution in [3.05, 3.63) is 35.4 Å². The molecule has 0 amide bonds. The molecule has 0 saturated heterocycles. The van der Waals surface area contributed by atoms with E-state index in [1.807, 2.05) is 0 Å². The molecule has 0 aliphatic carbocycles. The van der Waals surface area contributed by atoms with E-state index in [2.05, 4.69) is 0 Å². The van der Waals surface area contributed by atoms with Crippen LogP contribution in [-0.4, -0.2) is 16.5 Å². The van der Waals surface area contributed by atoms with Gasteiger partial charge in [0.05, 0.1) is 5.75 Å². The van der Waals surface area contributed by atoms with Gasteiger partial charge < -0.3 is 5.73 Å². The standard InChI is InChI=1S/C9H11F2NOS/c10-8-3-1-2-7(9(8)11)6-14(13)5-4-12/h1-3H,4-6,12H2. The maximum absolute atomic E-state index is 13.1. The SMILES string of the molecule is NCCS(=O)Cc1cccc(F)c1F. The Labute approximate surface area is 83.6 Å². The van der Waals surface area contributed by atoms with Gasteiger partial charge in [-0.1, -0.05) is 12.1 Å². The lowest BCUT2D eigenvalue weighted by atomic mass is 10.2. The van der Waals surface area contributed by atoms with Gasteiger partial charge in [0.25, 0.3) is 0 Å². The Bertz CT molecular complexity index is 344. The van der Waals surface area contributed by atoms with E-state index in [0.717, 1.165) is 6.07 Å². The molecule has 1 aromatic carbocycles. The highest BCUT2D eigenvalue weighted by atomic mass is 32.2. The summed E-state index contributed by atoms with van der Waals surface area (Å²) in [5, 5.41) is 0. The summed E-state index contributed by atoms with van der Waals surface area (Å²) in [6.07, 6.45) is 0. The van der Waals surface area contributed by atoms with Crippen molar-refractivity contribution >= 4 is 10.8 Å². The van der Waals surface area contributed by atoms with Crippen molar-refractivity contribution in [2.24, 2.45) is 5.73 Å². The molecule has 0 aliphatic rings. The van der Waals surface area contributed by atoms with E-state index >= 15 is 0 Å². The van der Waals surface area contributed by atoms with Crippen molar-refractivity contribution in [3.8, 4) is 0 Å². The van der Waals surface area contributed by atoms with Crippen LogP contribution in [-0.2, 0) is 16.6 Å². The molecule has 0 aromatic heterocycles. The van der Waals surface area contributed by atoms with Crippen LogP contribution in [0, 0.1) is 11.6 Å². The van der Waals surface area contributed by atoms with Gasteiger partial charge >= 0.3 is 0 Å². The van der Waals surface area contributed by atoms with Crippen LogP contribution < -0.4 is 5.73 Å². The van der Waals surface area contributed by atoms with Crippen LogP contribution in [0.15, 0.2) is 18.2 Å². The number of halogens is 2. The molecule has 0 radical (unpaired) electrons. The summed E-state index contributed by atoms with van der Waals surface area (Å²) in [5.74, 6) is -1.51. The molecule has 0 aliphatic heterocycles. The summed E-state index contributed by atoms with van der Waals surface area (Å²) >= 11 is 0. The first kappa shape index (κ1) is 11.3. The van der Waals surface area contributed by atoms with E-state index in [0.29, 0.717) is 5.75 Å². The second kappa shape index (κ2) is 5.17. The molecule has 0 fully saturated rings. The molecular weight excluding hydrogens is 208 g/mol. The third-order valence-corrected chi connectivity index (χ3v) is 3.02. The molecule has 1 rings (SSSR count). The maximum atomic E-state index is 13.1. The van der Waals surface area contributed by atoms with Crippen LogP contribution >= 0.6 is 0 Å². The van der Waals surface area contributed by atoms with Crippen LogP contribution in [0.3, 0.4) is 0 Å². The number of benzene rings is 1. The van der Waals surface area contributed by atoms with Gasteiger partial charge in [0.1, 0.15) is 0 Å². The highest BCUT2D eigenvalue weighted by molar-refractivity contribution is 7.84. The van der Waals surface area contributed by atoms with Gasteiger partial charge in [-0.25, -0.2) is 8.78 Å². The van der Waals surface area contributed by atoms with Crippen LogP contribution in [0.5, 0.6) is 0 Å². The van der Waals surface area contributed by atoms with Crippen LogP contribution in [0.1, 0.15) is 5.56 Å². The molecule has 1 aromatic rings. The molecule has 0 bridgehead atoms. The van der Waals surface area contributed by atoms with Gasteiger partial charge in [-0.2, -0.15) is 0 Å². The number of rotatable bonds is 4. The predicted molar refractivity (Wildman–Crippen MR) is 52.1 cm³/mol. The van der Waals surface area contributed by atoms with Gasteiger partial charge in [-0.3, -0.25) is 4.21 Å². The third-order valence-electron chi connectivity index (χ3n) is 1.69. The summed E-state index contributed by atoms with van der Waals surface area (Å²) < 4.78 is 37.0. The highest BCUT2D eigenvalue weighted by Gasteiger charge is 2.09. The molecule has 2 nitrogen and oxygen atoms in total. The van der Waals surface area contributed by atoms with Crippen molar-refractivity contribution in [2.75, 3.05) is 12.3 Å². The Morgan fingerprint density at radius 3 is 2.71 bits per heavy atom. The van der Waals surface area contributed by atoms with E-state index in [-0.39, 0.29) is 17.9 Å². The first-order valence-electron chi connectivity index (χ1n) is 4.13. The summed E-state index contributed by atoms with van der Waals surface area (Å²) in [6.45, 7) is 0.281. The molecule has 5 heteroatoms. The largest absolute Gasteiger partial charge is 0.330 e. The second-order valence-electron chi connectivity index (χ2n) is 2.79. The lowest BCUT2D eigenvalue weighted by Crippen LogP contribution is -2.12. The Hall–Kier alpha value is -0.810. The van der Waals surface area contributed by atoms with E-state index in [4.69, 9.17) is 5.73 Å². The van der Waals surface area contributed by atoms with Crippen molar-refractivity contribution in [1.82, 2.24) is 0 Å². The average molecular weight is 219 g/mol. The number of nitrogens with two attached hydrogens (primary N) is 1. The van der Waals surface area contributed by atoms with E-state index in [1.54, 1.807) is 0 Å². The third kappa shape index (κ3) is 2.85. The fraction of sp³-hybridized carbons (Fsp3) is 0.333. The zero-order valence-electron chi connectivity index (χ0n) is 7.50. The normalized spacial score (nSPS) is 12.8. The summed E-state index contributed by atoms with van der Waals surface area (Å²) in [7, 11) is -1.22. The second-order valence-corrected chi connectivity index (χ2v) is 4.37. The summed E-state index contributed by atoms with van der Waals surface area (Å²) in [5.41, 5.74) is 5.33. The van der Waals surface area contributed by atoms with Crippen molar-refractivity contribution < 1.29 is 13.0 Å². The zero-order valence-corrected chi connectivity index (χ0v) is 8.32. The molecule has 0 spiro atoms. The number of hydrogen-bond donors (Lipinski definition) is 1. The minimum absolute atomic E-state index is 0.0147. The number of hydrogen-bond acceptors (Lipinski definition) is 2. The maximum Gasteiger partial charge on any atom is 0.162 e. The van der Waals surface area contributed by atoms with Crippen molar-refractivity contribution in [1.29, 1.82) is 0 Å². The lowest BCUT2D eigenvalue weighted by Gasteiger charge is -2.02. The highest BCUT2D eigenvalue weighted by Crippen LogP contribution is 2.13. The van der Waals surface area contributed by atoms with Gasteiger partial charge in [-0.05, 0) is 6.07 Å². The van der Waals surface area contributed by atoms with Gasteiger partial charge in [0.2, 0.25) is 0 Å². The molecule has 0 saturated carbocycles. The quantitative estimate of drug-likeness (QED) is 0.826. The van der Waals surface area contributed by atoms with Crippen molar-refractivity contribution in [3.63, 3.8) is 0 Å². The fourth-order valence-electron chi connectivity index (χ4n) is 1.04. The lowest BCUT2D eigenvalue weighted by molar-refractivity contribution is 0.502. The summed E-state index contributed by atoms with van der Waals surface area (Å²) in [6, 6.07) is 3.85. The van der Waals surface area contributed by atoms with Gasteiger partial charge in [-0.15, -0.1) is 0 Å². The van der Waals surface area contributed by atoms with E-state index in [9.17, 15) is 13.0 Å². The summed E-state index contributed by atoms with van der Waals surface area (Å²) in [4.78, 5) is 0.